The van der Waals surface area contributed by atoms with Crippen molar-refractivity contribution in [2.24, 2.45) is 0 Å². The molecule has 0 amide bonds. The van der Waals surface area contributed by atoms with E-state index in [9.17, 15) is 4.79 Å². The van der Waals surface area contributed by atoms with Gasteiger partial charge in [-0.15, -0.1) is 0 Å². The summed E-state index contributed by atoms with van der Waals surface area (Å²) in [7, 11) is 0. The number of carbonyl (C=O) groups is 1. The highest BCUT2D eigenvalue weighted by molar-refractivity contribution is 5.65. The number of hydrogen-bond donors (Lipinski definition) is 0. The molecule has 88 valence electrons. The summed E-state index contributed by atoms with van der Waals surface area (Å²) < 4.78 is 15.8. The Kier molecular flexibility index (Phi) is 6.36. The summed E-state index contributed by atoms with van der Waals surface area (Å²) in [5, 5.41) is 0. The molecule has 4 nitrogen and oxygen atoms in total. The number of rotatable bonds is 6. The maximum atomic E-state index is 10.5. The van der Waals surface area contributed by atoms with Gasteiger partial charge in [-0.25, -0.2) is 0 Å². The molecule has 4 heteroatoms. The van der Waals surface area contributed by atoms with Gasteiger partial charge in [0.05, 0.1) is 6.61 Å². The van der Waals surface area contributed by atoms with E-state index in [0.29, 0.717) is 13.2 Å². The normalized spacial score (nSPS) is 21.3. The molecule has 0 saturated carbocycles. The van der Waals surface area contributed by atoms with Crippen molar-refractivity contribution in [2.75, 3.05) is 19.8 Å². The molecular weight excluding hydrogens is 196 g/mol. The van der Waals surface area contributed by atoms with Gasteiger partial charge in [0.25, 0.3) is 0 Å². The first kappa shape index (κ1) is 12.5. The molecule has 0 aliphatic carbocycles. The van der Waals surface area contributed by atoms with E-state index in [1.165, 1.54) is 13.3 Å². The minimum Gasteiger partial charge on any atom is -0.466 e. The Hall–Kier alpha value is -0.610. The summed E-state index contributed by atoms with van der Waals surface area (Å²) >= 11 is 0. The van der Waals surface area contributed by atoms with Crippen LogP contribution in [-0.4, -0.2) is 32.1 Å². The van der Waals surface area contributed by atoms with Gasteiger partial charge in [0.15, 0.2) is 6.29 Å². The van der Waals surface area contributed by atoms with Crippen LogP contribution in [0.15, 0.2) is 0 Å². The van der Waals surface area contributed by atoms with Crippen LogP contribution in [0.1, 0.15) is 39.0 Å². The molecule has 15 heavy (non-hydrogen) atoms. The summed E-state index contributed by atoms with van der Waals surface area (Å²) in [6.45, 7) is 3.42. The zero-order chi connectivity index (χ0) is 10.9. The highest BCUT2D eigenvalue weighted by Gasteiger charge is 2.13. The molecule has 1 saturated heterocycles. The Morgan fingerprint density at radius 1 is 1.33 bits per heavy atom. The van der Waals surface area contributed by atoms with Gasteiger partial charge in [-0.3, -0.25) is 4.79 Å². The quantitative estimate of drug-likeness (QED) is 0.502. The number of ether oxygens (including phenoxy) is 3. The fourth-order valence-corrected chi connectivity index (χ4v) is 1.48. The highest BCUT2D eigenvalue weighted by Crippen LogP contribution is 2.13. The maximum Gasteiger partial charge on any atom is 0.302 e. The van der Waals surface area contributed by atoms with Crippen molar-refractivity contribution in [1.82, 2.24) is 0 Å². The summed E-state index contributed by atoms with van der Waals surface area (Å²) in [5.74, 6) is -0.216. The summed E-state index contributed by atoms with van der Waals surface area (Å²) in [5.41, 5.74) is 0. The third-order valence-electron chi connectivity index (χ3n) is 2.29. The van der Waals surface area contributed by atoms with Crippen LogP contribution in [0.3, 0.4) is 0 Å². The van der Waals surface area contributed by atoms with Crippen LogP contribution in [0.25, 0.3) is 0 Å². The van der Waals surface area contributed by atoms with Crippen LogP contribution in [0, 0.1) is 0 Å². The highest BCUT2D eigenvalue weighted by atomic mass is 16.7. The molecule has 0 bridgehead atoms. The lowest BCUT2D eigenvalue weighted by Gasteiger charge is -2.22. The summed E-state index contributed by atoms with van der Waals surface area (Å²) in [6.07, 6.45) is 5.10. The molecule has 1 fully saturated rings. The third kappa shape index (κ3) is 6.47. The van der Waals surface area contributed by atoms with E-state index in [4.69, 9.17) is 14.2 Å². The van der Waals surface area contributed by atoms with Crippen LogP contribution < -0.4 is 0 Å². The minimum absolute atomic E-state index is 0.00697. The number of carbonyl (C=O) groups excluding carboxylic acids is 1. The van der Waals surface area contributed by atoms with Gasteiger partial charge in [0.1, 0.15) is 0 Å². The van der Waals surface area contributed by atoms with Crippen molar-refractivity contribution in [3.8, 4) is 0 Å². The smallest absolute Gasteiger partial charge is 0.302 e. The summed E-state index contributed by atoms with van der Waals surface area (Å²) in [6, 6.07) is 0. The van der Waals surface area contributed by atoms with Crippen molar-refractivity contribution in [3.63, 3.8) is 0 Å². The molecule has 0 aromatic heterocycles. The molecule has 1 aliphatic heterocycles. The second-order valence-electron chi connectivity index (χ2n) is 3.71. The zero-order valence-electron chi connectivity index (χ0n) is 9.37. The largest absolute Gasteiger partial charge is 0.466 e. The zero-order valence-corrected chi connectivity index (χ0v) is 9.37. The lowest BCUT2D eigenvalue weighted by Crippen LogP contribution is -2.22. The number of unbranched alkanes of at least 4 members (excludes halogenated alkanes) is 1. The van der Waals surface area contributed by atoms with Gasteiger partial charge in [0, 0.05) is 20.1 Å². The van der Waals surface area contributed by atoms with Gasteiger partial charge in [-0.2, -0.15) is 0 Å². The second kappa shape index (κ2) is 7.65. The van der Waals surface area contributed by atoms with Crippen LogP contribution in [-0.2, 0) is 19.0 Å². The van der Waals surface area contributed by atoms with E-state index in [1.54, 1.807) is 0 Å². The first-order valence-corrected chi connectivity index (χ1v) is 5.65. The minimum atomic E-state index is -0.216. The molecular formula is C11H20O4. The van der Waals surface area contributed by atoms with Gasteiger partial charge < -0.3 is 14.2 Å². The molecule has 1 heterocycles. The molecule has 1 atom stereocenters. The van der Waals surface area contributed by atoms with Crippen molar-refractivity contribution in [3.05, 3.63) is 0 Å². The molecule has 0 aromatic rings. The molecule has 0 N–H and O–H groups in total. The van der Waals surface area contributed by atoms with E-state index in [1.807, 2.05) is 0 Å². The van der Waals surface area contributed by atoms with Crippen LogP contribution in [0.2, 0.25) is 0 Å². The van der Waals surface area contributed by atoms with Crippen LogP contribution in [0.5, 0.6) is 0 Å². The van der Waals surface area contributed by atoms with E-state index in [2.05, 4.69) is 0 Å². The molecule has 0 radical (unpaired) electrons. The average Bonchev–Trinajstić information content (AvgIpc) is 2.24. The standard InChI is InChI=1S/C11H20O4/c1-10(12)13-7-4-5-9-15-11-6-2-3-8-14-11/h11H,2-9H2,1H3. The average molecular weight is 216 g/mol. The van der Waals surface area contributed by atoms with Crippen molar-refractivity contribution >= 4 is 5.97 Å². The number of esters is 1. The van der Waals surface area contributed by atoms with Gasteiger partial charge in [-0.1, -0.05) is 0 Å². The fraction of sp³-hybridized carbons (Fsp3) is 0.909. The Balaban J connectivity index is 1.85. The lowest BCUT2D eigenvalue weighted by atomic mass is 10.2. The van der Waals surface area contributed by atoms with Crippen molar-refractivity contribution in [1.29, 1.82) is 0 Å². The number of hydrogen-bond acceptors (Lipinski definition) is 4. The van der Waals surface area contributed by atoms with Gasteiger partial charge in [-0.05, 0) is 32.1 Å². The SMILES string of the molecule is CC(=O)OCCCCOC1CCCCO1. The van der Waals surface area contributed by atoms with Crippen LogP contribution in [0.4, 0.5) is 0 Å². The Morgan fingerprint density at radius 2 is 2.13 bits per heavy atom. The van der Waals surface area contributed by atoms with Gasteiger partial charge >= 0.3 is 5.97 Å². The molecule has 0 spiro atoms. The second-order valence-corrected chi connectivity index (χ2v) is 3.71. The fourth-order valence-electron chi connectivity index (χ4n) is 1.48. The Morgan fingerprint density at radius 3 is 2.80 bits per heavy atom. The monoisotopic (exact) mass is 216 g/mol. The molecule has 1 unspecified atom stereocenters. The molecule has 1 aliphatic rings. The van der Waals surface area contributed by atoms with Crippen molar-refractivity contribution in [2.45, 2.75) is 45.3 Å². The summed E-state index contributed by atoms with van der Waals surface area (Å²) in [4.78, 5) is 10.5. The topological polar surface area (TPSA) is 44.8 Å². The third-order valence-corrected chi connectivity index (χ3v) is 2.29. The first-order chi connectivity index (χ1) is 7.29. The van der Waals surface area contributed by atoms with E-state index >= 15 is 0 Å². The predicted octanol–water partition coefficient (Wildman–Crippen LogP) is 1.87. The Labute approximate surface area is 90.9 Å². The van der Waals surface area contributed by atoms with E-state index in [-0.39, 0.29) is 12.3 Å². The maximum absolute atomic E-state index is 10.5. The van der Waals surface area contributed by atoms with Crippen LogP contribution >= 0.6 is 0 Å². The molecule has 1 rings (SSSR count). The predicted molar refractivity (Wildman–Crippen MR) is 55.4 cm³/mol. The first-order valence-electron chi connectivity index (χ1n) is 5.65. The lowest BCUT2D eigenvalue weighted by molar-refractivity contribution is -0.163. The van der Waals surface area contributed by atoms with E-state index < -0.39 is 0 Å². The molecule has 0 aromatic carbocycles. The van der Waals surface area contributed by atoms with E-state index in [0.717, 1.165) is 32.3 Å². The van der Waals surface area contributed by atoms with Gasteiger partial charge in [0.2, 0.25) is 0 Å². The van der Waals surface area contributed by atoms with Crippen molar-refractivity contribution < 1.29 is 19.0 Å². The Bertz CT molecular complexity index is 175.